The van der Waals surface area contributed by atoms with E-state index >= 15 is 0 Å². The van der Waals surface area contributed by atoms with Gasteiger partial charge in [0.15, 0.2) is 11.0 Å². The van der Waals surface area contributed by atoms with Crippen molar-refractivity contribution < 1.29 is 40.7 Å². The molecule has 1 aliphatic rings. The minimum atomic E-state index is -5.85. The number of carbonyl (C=O) groups excluding carboxylic acids is 2. The predicted molar refractivity (Wildman–Crippen MR) is 168 cm³/mol. The second-order valence-electron chi connectivity index (χ2n) is 11.1. The molecule has 0 aliphatic carbocycles. The fourth-order valence-electron chi connectivity index (χ4n) is 4.72. The molecular formula is C32H28F6N6O3S. The average Bonchev–Trinajstić information content (AvgIpc) is 3.66. The van der Waals surface area contributed by atoms with Crippen molar-refractivity contribution in [2.45, 2.75) is 44.9 Å². The van der Waals surface area contributed by atoms with Crippen molar-refractivity contribution in [1.29, 1.82) is 0 Å². The number of alkyl halides is 5. The van der Waals surface area contributed by atoms with Crippen molar-refractivity contribution >= 4 is 34.6 Å². The Morgan fingerprint density at radius 1 is 1.02 bits per heavy atom. The molecule has 4 aromatic rings. The number of ether oxygens (including phenoxy) is 1. The zero-order valence-corrected chi connectivity index (χ0v) is 26.5. The molecule has 5 rings (SSSR count). The molecule has 0 saturated carbocycles. The maximum Gasteiger partial charge on any atom is 0.499 e. The van der Waals surface area contributed by atoms with Gasteiger partial charge in [-0.3, -0.25) is 9.69 Å². The molecular weight excluding hydrogens is 662 g/mol. The van der Waals surface area contributed by atoms with Gasteiger partial charge in [-0.1, -0.05) is 62.9 Å². The van der Waals surface area contributed by atoms with Crippen LogP contribution in [0.25, 0.3) is 17.1 Å². The molecule has 1 N–H and O–H groups in total. The summed E-state index contributed by atoms with van der Waals surface area (Å²) < 4.78 is 82.8. The summed E-state index contributed by atoms with van der Waals surface area (Å²) in [5.41, 5.74) is 2.98. The van der Waals surface area contributed by atoms with Gasteiger partial charge in [0.25, 0.3) is 0 Å². The van der Waals surface area contributed by atoms with Gasteiger partial charge in [-0.25, -0.2) is 18.9 Å². The Morgan fingerprint density at radius 2 is 1.71 bits per heavy atom. The first-order valence-corrected chi connectivity index (χ1v) is 15.5. The second-order valence-corrected chi connectivity index (χ2v) is 12.0. The minimum Gasteiger partial charge on any atom is -0.426 e. The monoisotopic (exact) mass is 690 g/mol. The number of hydrogen-bond donors (Lipinski definition) is 1. The van der Waals surface area contributed by atoms with Gasteiger partial charge in [0, 0.05) is 12.1 Å². The number of rotatable bonds is 9. The molecule has 3 aromatic carbocycles. The van der Waals surface area contributed by atoms with Gasteiger partial charge in [0.2, 0.25) is 5.91 Å². The highest BCUT2D eigenvalue weighted by molar-refractivity contribution is 8.15. The summed E-state index contributed by atoms with van der Waals surface area (Å²) in [6.45, 7) is 5.97. The maximum atomic E-state index is 14.1. The summed E-state index contributed by atoms with van der Waals surface area (Å²) in [5.74, 6) is -1.21. The lowest BCUT2D eigenvalue weighted by Gasteiger charge is -2.21. The molecule has 9 nitrogen and oxygen atoms in total. The number of benzene rings is 3. The van der Waals surface area contributed by atoms with Crippen molar-refractivity contribution in [3.63, 3.8) is 0 Å². The first-order chi connectivity index (χ1) is 22.6. The highest BCUT2D eigenvalue weighted by atomic mass is 32.2. The number of nitrogens with zero attached hydrogens (tertiary/aromatic N) is 5. The van der Waals surface area contributed by atoms with E-state index < -0.39 is 29.9 Å². The highest BCUT2D eigenvalue weighted by Crippen LogP contribution is 2.37. The molecule has 0 spiro atoms. The summed E-state index contributed by atoms with van der Waals surface area (Å²) in [6.07, 6.45) is -9.83. The highest BCUT2D eigenvalue weighted by Gasteiger charge is 2.61. The van der Waals surface area contributed by atoms with E-state index in [4.69, 9.17) is 0 Å². The molecule has 2 heterocycles. The number of amides is 3. The average molecular weight is 691 g/mol. The van der Waals surface area contributed by atoms with Crippen LogP contribution < -0.4 is 15.0 Å². The SMILES string of the molecule is CC(C)c1ccc(F)cc1N1C(=O)CSC1=NC(=O)NCC(C)c1ccc(-c2ncn(-c3ccc(OC(F)(F)C(F)(F)F)cc3)n2)cc1. The Hall–Kier alpha value is -4.86. The number of aromatic nitrogens is 3. The summed E-state index contributed by atoms with van der Waals surface area (Å²) in [4.78, 5) is 35.1. The smallest absolute Gasteiger partial charge is 0.426 e. The number of thioether (sulfide) groups is 1. The maximum absolute atomic E-state index is 14.1. The Morgan fingerprint density at radius 3 is 2.35 bits per heavy atom. The topological polar surface area (TPSA) is 102 Å². The van der Waals surface area contributed by atoms with Gasteiger partial charge in [0.05, 0.1) is 17.1 Å². The van der Waals surface area contributed by atoms with Gasteiger partial charge in [0.1, 0.15) is 17.9 Å². The van der Waals surface area contributed by atoms with E-state index in [1.807, 2.05) is 32.9 Å². The number of aliphatic imine (C=N–C) groups is 1. The molecule has 1 aliphatic heterocycles. The molecule has 1 unspecified atom stereocenters. The zero-order valence-electron chi connectivity index (χ0n) is 25.6. The van der Waals surface area contributed by atoms with Crippen LogP contribution in [0.4, 0.5) is 36.8 Å². The van der Waals surface area contributed by atoms with Crippen LogP contribution in [0, 0.1) is 5.82 Å². The zero-order chi connectivity index (χ0) is 34.8. The first-order valence-electron chi connectivity index (χ1n) is 14.5. The lowest BCUT2D eigenvalue weighted by atomic mass is 10.00. The number of hydrogen-bond acceptors (Lipinski definition) is 6. The molecule has 1 atom stereocenters. The number of nitrogens with one attached hydrogen (secondary N) is 1. The van der Waals surface area contributed by atoms with Crippen LogP contribution in [0.15, 0.2) is 78.0 Å². The third kappa shape index (κ3) is 7.64. The normalized spacial score (nSPS) is 15.3. The van der Waals surface area contributed by atoms with Crippen molar-refractivity contribution in [1.82, 2.24) is 20.1 Å². The summed E-state index contributed by atoms with van der Waals surface area (Å²) in [5, 5.41) is 7.26. The van der Waals surface area contributed by atoms with E-state index in [1.165, 1.54) is 40.2 Å². The summed E-state index contributed by atoms with van der Waals surface area (Å²) in [6, 6.07) is 15.2. The molecule has 0 radical (unpaired) electrons. The number of anilines is 1. The van der Waals surface area contributed by atoms with E-state index in [-0.39, 0.29) is 35.2 Å². The fraction of sp³-hybridized carbons (Fsp3) is 0.281. The summed E-state index contributed by atoms with van der Waals surface area (Å²) >= 11 is 1.10. The van der Waals surface area contributed by atoms with E-state index in [9.17, 15) is 35.9 Å². The molecule has 1 saturated heterocycles. The van der Waals surface area contributed by atoms with Gasteiger partial charge < -0.3 is 10.1 Å². The van der Waals surface area contributed by atoms with Gasteiger partial charge >= 0.3 is 18.3 Å². The van der Waals surface area contributed by atoms with E-state index in [1.54, 1.807) is 18.2 Å². The molecule has 1 aromatic heterocycles. The Bertz CT molecular complexity index is 1830. The molecule has 252 valence electrons. The molecule has 16 heteroatoms. The van der Waals surface area contributed by atoms with Gasteiger partial charge in [-0.15, -0.1) is 5.10 Å². The van der Waals surface area contributed by atoms with Crippen molar-refractivity contribution in [2.75, 3.05) is 17.2 Å². The Kier molecular flexibility index (Phi) is 9.84. The second kappa shape index (κ2) is 13.7. The van der Waals surface area contributed by atoms with Crippen molar-refractivity contribution in [3.05, 3.63) is 90.0 Å². The standard InChI is InChI=1S/C32H28F6N6O3S/c1-18(2)25-13-8-22(33)14-26(25)44-27(45)16-48-30(44)41-29(46)39-15-19(3)20-4-6-21(7-5-20)28-40-17-43(42-28)23-9-11-24(12-10-23)47-32(37,38)31(34,35)36/h4-14,17-19H,15-16H2,1-3H3,(H,39,46). The van der Waals surface area contributed by atoms with Crippen LogP contribution >= 0.6 is 11.8 Å². The number of amidine groups is 1. The van der Waals surface area contributed by atoms with E-state index in [2.05, 4.69) is 25.1 Å². The number of carbonyl (C=O) groups is 2. The van der Waals surface area contributed by atoms with E-state index in [0.717, 1.165) is 35.0 Å². The van der Waals surface area contributed by atoms with Crippen LogP contribution in [0.2, 0.25) is 0 Å². The van der Waals surface area contributed by atoms with Gasteiger partial charge in [-0.2, -0.15) is 26.9 Å². The van der Waals surface area contributed by atoms with Crippen molar-refractivity contribution in [3.8, 4) is 22.8 Å². The van der Waals surface area contributed by atoms with Crippen LogP contribution in [-0.4, -0.2) is 56.5 Å². The summed E-state index contributed by atoms with van der Waals surface area (Å²) in [7, 11) is 0. The lowest BCUT2D eigenvalue weighted by molar-refractivity contribution is -0.360. The lowest BCUT2D eigenvalue weighted by Crippen LogP contribution is -2.41. The third-order valence-corrected chi connectivity index (χ3v) is 8.21. The van der Waals surface area contributed by atoms with Crippen LogP contribution in [0.3, 0.4) is 0 Å². The molecule has 0 bridgehead atoms. The largest absolute Gasteiger partial charge is 0.499 e. The molecule has 1 fully saturated rings. The van der Waals surface area contributed by atoms with Gasteiger partial charge in [-0.05, 0) is 59.4 Å². The minimum absolute atomic E-state index is 0.00315. The number of urea groups is 1. The Balaban J connectivity index is 1.20. The Labute approximate surface area is 275 Å². The first kappa shape index (κ1) is 34.5. The number of halogens is 6. The van der Waals surface area contributed by atoms with E-state index in [0.29, 0.717) is 22.8 Å². The van der Waals surface area contributed by atoms with Crippen molar-refractivity contribution in [2.24, 2.45) is 4.99 Å². The van der Waals surface area contributed by atoms with Crippen LogP contribution in [0.1, 0.15) is 43.7 Å². The molecule has 3 amide bonds. The van der Waals surface area contributed by atoms with Crippen LogP contribution in [0.5, 0.6) is 5.75 Å². The quantitative estimate of drug-likeness (QED) is 0.181. The fourth-order valence-corrected chi connectivity index (χ4v) is 5.58. The predicted octanol–water partition coefficient (Wildman–Crippen LogP) is 7.68. The molecule has 48 heavy (non-hydrogen) atoms. The van der Waals surface area contributed by atoms with Crippen LogP contribution in [-0.2, 0) is 4.79 Å². The third-order valence-electron chi connectivity index (χ3n) is 7.28.